The van der Waals surface area contributed by atoms with Gasteiger partial charge in [-0.1, -0.05) is 6.92 Å². The zero-order valence-electron chi connectivity index (χ0n) is 7.93. The topological polar surface area (TPSA) is 15.3 Å². The Labute approximate surface area is 70.0 Å². The van der Waals surface area contributed by atoms with Gasteiger partial charge in [0, 0.05) is 12.1 Å². The maximum Gasteiger partial charge on any atom is 0.0243 e. The first-order chi connectivity index (χ1) is 5.29. The fraction of sp³-hybridized carbons (Fsp3) is 1.00. The zero-order chi connectivity index (χ0) is 8.27. The molecule has 1 fully saturated rings. The lowest BCUT2D eigenvalue weighted by Gasteiger charge is -2.38. The molecule has 0 aromatic rings. The lowest BCUT2D eigenvalue weighted by molar-refractivity contribution is 0.142. The molecule has 1 aliphatic rings. The molecule has 0 aromatic carbocycles. The molecule has 0 aromatic heterocycles. The molecule has 1 saturated heterocycles. The van der Waals surface area contributed by atoms with E-state index in [1.165, 1.54) is 25.8 Å². The number of likely N-dealkylation sites (tertiary alicyclic amines) is 1. The Hall–Kier alpha value is -0.0800. The van der Waals surface area contributed by atoms with Gasteiger partial charge in [-0.2, -0.15) is 0 Å². The summed E-state index contributed by atoms with van der Waals surface area (Å²) >= 11 is 0. The summed E-state index contributed by atoms with van der Waals surface area (Å²) in [5.74, 6) is 0. The van der Waals surface area contributed by atoms with Crippen LogP contribution in [0.25, 0.3) is 0 Å². The Balaban J connectivity index is 2.48. The Kier molecular flexibility index (Phi) is 3.34. The maximum atomic E-state index is 3.39. The van der Waals surface area contributed by atoms with Crippen molar-refractivity contribution in [3.8, 4) is 0 Å². The molecule has 1 N–H and O–H groups in total. The second kappa shape index (κ2) is 4.07. The number of hydrogen-bond acceptors (Lipinski definition) is 2. The van der Waals surface area contributed by atoms with Crippen LogP contribution >= 0.6 is 0 Å². The van der Waals surface area contributed by atoms with Gasteiger partial charge in [-0.3, -0.25) is 0 Å². The van der Waals surface area contributed by atoms with Crippen LogP contribution in [0.5, 0.6) is 0 Å². The number of nitrogens with one attached hydrogen (secondary N) is 1. The van der Waals surface area contributed by atoms with E-state index in [1.54, 1.807) is 0 Å². The van der Waals surface area contributed by atoms with Crippen LogP contribution in [-0.4, -0.2) is 37.6 Å². The number of piperidine rings is 1. The third kappa shape index (κ3) is 1.94. The molecule has 2 heteroatoms. The van der Waals surface area contributed by atoms with Crippen LogP contribution in [0.1, 0.15) is 26.2 Å². The van der Waals surface area contributed by atoms with Gasteiger partial charge < -0.3 is 10.2 Å². The van der Waals surface area contributed by atoms with Crippen molar-refractivity contribution in [2.45, 2.75) is 38.3 Å². The average molecular weight is 156 g/mol. The van der Waals surface area contributed by atoms with E-state index in [1.807, 2.05) is 0 Å². The van der Waals surface area contributed by atoms with E-state index in [4.69, 9.17) is 0 Å². The second-order valence-corrected chi connectivity index (χ2v) is 3.49. The normalized spacial score (nSPS) is 34.1. The Morgan fingerprint density at radius 2 is 2.27 bits per heavy atom. The van der Waals surface area contributed by atoms with E-state index < -0.39 is 0 Å². The van der Waals surface area contributed by atoms with Crippen LogP contribution in [0.2, 0.25) is 0 Å². The minimum atomic E-state index is 0.721. The number of likely N-dealkylation sites (N-methyl/N-ethyl adjacent to an activating group) is 2. The van der Waals surface area contributed by atoms with Gasteiger partial charge in [-0.05, 0) is 39.9 Å². The molecule has 11 heavy (non-hydrogen) atoms. The molecular weight excluding hydrogens is 136 g/mol. The fourth-order valence-electron chi connectivity index (χ4n) is 2.16. The van der Waals surface area contributed by atoms with Crippen LogP contribution in [0.3, 0.4) is 0 Å². The highest BCUT2D eigenvalue weighted by Crippen LogP contribution is 2.17. The molecule has 1 heterocycles. The van der Waals surface area contributed by atoms with Crippen molar-refractivity contribution in [2.75, 3.05) is 20.6 Å². The molecule has 0 amide bonds. The number of nitrogens with zero attached hydrogens (tertiary/aromatic N) is 1. The summed E-state index contributed by atoms with van der Waals surface area (Å²) in [6.45, 7) is 3.55. The Morgan fingerprint density at radius 3 is 2.73 bits per heavy atom. The maximum absolute atomic E-state index is 3.39. The highest BCUT2D eigenvalue weighted by Gasteiger charge is 2.25. The van der Waals surface area contributed by atoms with E-state index in [2.05, 4.69) is 31.2 Å². The summed E-state index contributed by atoms with van der Waals surface area (Å²) < 4.78 is 0. The Bertz CT molecular complexity index is 114. The van der Waals surface area contributed by atoms with Gasteiger partial charge in [0.2, 0.25) is 0 Å². The lowest BCUT2D eigenvalue weighted by atomic mass is 9.95. The molecule has 1 aliphatic heterocycles. The monoisotopic (exact) mass is 156 g/mol. The number of hydrogen-bond donors (Lipinski definition) is 1. The van der Waals surface area contributed by atoms with Crippen LogP contribution in [-0.2, 0) is 0 Å². The summed E-state index contributed by atoms with van der Waals surface area (Å²) in [6, 6.07) is 1.48. The molecule has 2 unspecified atom stereocenters. The molecule has 0 bridgehead atoms. The molecule has 1 rings (SSSR count). The third-order valence-electron chi connectivity index (χ3n) is 2.85. The molecule has 2 atom stereocenters. The van der Waals surface area contributed by atoms with Crippen molar-refractivity contribution in [2.24, 2.45) is 0 Å². The minimum Gasteiger partial charge on any atom is -0.315 e. The second-order valence-electron chi connectivity index (χ2n) is 3.49. The zero-order valence-corrected chi connectivity index (χ0v) is 7.93. The summed E-state index contributed by atoms with van der Waals surface area (Å²) in [5.41, 5.74) is 0. The largest absolute Gasteiger partial charge is 0.315 e. The Morgan fingerprint density at radius 1 is 1.55 bits per heavy atom. The van der Waals surface area contributed by atoms with Crippen LogP contribution < -0.4 is 5.32 Å². The van der Waals surface area contributed by atoms with E-state index in [0.717, 1.165) is 12.1 Å². The summed E-state index contributed by atoms with van der Waals surface area (Å²) in [7, 11) is 4.31. The standard InChI is InChI=1S/C9H20N2/c1-4-9-8(10-2)6-5-7-11(9)3/h8-10H,4-7H2,1-3H3. The molecule has 66 valence electrons. The van der Waals surface area contributed by atoms with E-state index >= 15 is 0 Å². The van der Waals surface area contributed by atoms with Crippen molar-refractivity contribution >= 4 is 0 Å². The fourth-order valence-corrected chi connectivity index (χ4v) is 2.16. The van der Waals surface area contributed by atoms with Crippen molar-refractivity contribution < 1.29 is 0 Å². The lowest BCUT2D eigenvalue weighted by Crippen LogP contribution is -2.51. The highest BCUT2D eigenvalue weighted by atomic mass is 15.2. The quantitative estimate of drug-likeness (QED) is 0.643. The van der Waals surface area contributed by atoms with Crippen molar-refractivity contribution in [3.63, 3.8) is 0 Å². The van der Waals surface area contributed by atoms with Gasteiger partial charge in [0.05, 0.1) is 0 Å². The predicted molar refractivity (Wildman–Crippen MR) is 48.8 cm³/mol. The van der Waals surface area contributed by atoms with Crippen molar-refractivity contribution in [1.82, 2.24) is 10.2 Å². The van der Waals surface area contributed by atoms with Gasteiger partial charge in [0.1, 0.15) is 0 Å². The highest BCUT2D eigenvalue weighted by molar-refractivity contribution is 4.85. The van der Waals surface area contributed by atoms with E-state index in [-0.39, 0.29) is 0 Å². The molecular formula is C9H20N2. The third-order valence-corrected chi connectivity index (χ3v) is 2.85. The van der Waals surface area contributed by atoms with Crippen molar-refractivity contribution in [1.29, 1.82) is 0 Å². The van der Waals surface area contributed by atoms with Gasteiger partial charge in [0.25, 0.3) is 0 Å². The van der Waals surface area contributed by atoms with Gasteiger partial charge in [0.15, 0.2) is 0 Å². The molecule has 2 nitrogen and oxygen atoms in total. The average Bonchev–Trinajstić information content (AvgIpc) is 2.04. The molecule has 0 aliphatic carbocycles. The summed E-state index contributed by atoms with van der Waals surface area (Å²) in [6.07, 6.45) is 3.96. The first-order valence-corrected chi connectivity index (χ1v) is 4.67. The molecule has 0 radical (unpaired) electrons. The van der Waals surface area contributed by atoms with E-state index in [9.17, 15) is 0 Å². The van der Waals surface area contributed by atoms with Gasteiger partial charge in [-0.15, -0.1) is 0 Å². The summed E-state index contributed by atoms with van der Waals surface area (Å²) in [5, 5.41) is 3.39. The molecule has 0 saturated carbocycles. The summed E-state index contributed by atoms with van der Waals surface area (Å²) in [4.78, 5) is 2.48. The van der Waals surface area contributed by atoms with Gasteiger partial charge in [-0.25, -0.2) is 0 Å². The minimum absolute atomic E-state index is 0.721. The molecule has 0 spiro atoms. The van der Waals surface area contributed by atoms with Crippen LogP contribution in [0, 0.1) is 0 Å². The first kappa shape index (κ1) is 9.01. The number of rotatable bonds is 2. The predicted octanol–water partition coefficient (Wildman–Crippen LogP) is 1.08. The van der Waals surface area contributed by atoms with Crippen LogP contribution in [0.4, 0.5) is 0 Å². The SMILES string of the molecule is CCC1C(NC)CCCN1C. The smallest absolute Gasteiger partial charge is 0.0243 e. The van der Waals surface area contributed by atoms with Crippen molar-refractivity contribution in [3.05, 3.63) is 0 Å². The first-order valence-electron chi connectivity index (χ1n) is 4.67. The van der Waals surface area contributed by atoms with Crippen LogP contribution in [0.15, 0.2) is 0 Å². The van der Waals surface area contributed by atoms with Gasteiger partial charge >= 0.3 is 0 Å². The van der Waals surface area contributed by atoms with E-state index in [0.29, 0.717) is 0 Å².